The predicted octanol–water partition coefficient (Wildman–Crippen LogP) is 2.37. The SMILES string of the molecule is Cc1ccc(S(=O)(=O)N2CCN(CC(=O)NCc3ccc(C)c(F)c3)CC2)c(C)c1. The Morgan fingerprint density at radius 3 is 2.33 bits per heavy atom. The molecule has 0 spiro atoms. The highest BCUT2D eigenvalue weighted by Gasteiger charge is 2.30. The van der Waals surface area contributed by atoms with E-state index in [2.05, 4.69) is 5.32 Å². The summed E-state index contributed by atoms with van der Waals surface area (Å²) in [6.07, 6.45) is 0. The molecular formula is C22H28FN3O3S. The van der Waals surface area contributed by atoms with E-state index in [4.69, 9.17) is 0 Å². The van der Waals surface area contributed by atoms with Crippen molar-refractivity contribution in [3.05, 3.63) is 64.5 Å². The molecule has 1 N–H and O–H groups in total. The molecule has 0 bridgehead atoms. The fraction of sp³-hybridized carbons (Fsp3) is 0.409. The van der Waals surface area contributed by atoms with Crippen molar-refractivity contribution in [1.82, 2.24) is 14.5 Å². The molecule has 1 fully saturated rings. The summed E-state index contributed by atoms with van der Waals surface area (Å²) in [6, 6.07) is 10.2. The van der Waals surface area contributed by atoms with Gasteiger partial charge < -0.3 is 5.32 Å². The molecule has 162 valence electrons. The third-order valence-electron chi connectivity index (χ3n) is 5.37. The van der Waals surface area contributed by atoms with Crippen LogP contribution in [-0.4, -0.2) is 56.3 Å². The molecule has 2 aromatic rings. The number of carbonyl (C=O) groups is 1. The van der Waals surface area contributed by atoms with Crippen LogP contribution in [0, 0.1) is 26.6 Å². The van der Waals surface area contributed by atoms with E-state index in [0.29, 0.717) is 42.2 Å². The first kappa shape index (κ1) is 22.4. The lowest BCUT2D eigenvalue weighted by Crippen LogP contribution is -2.51. The van der Waals surface area contributed by atoms with E-state index in [9.17, 15) is 17.6 Å². The van der Waals surface area contributed by atoms with Crippen molar-refractivity contribution in [2.24, 2.45) is 0 Å². The molecule has 30 heavy (non-hydrogen) atoms. The van der Waals surface area contributed by atoms with Gasteiger partial charge in [-0.1, -0.05) is 29.8 Å². The van der Waals surface area contributed by atoms with Gasteiger partial charge in [-0.15, -0.1) is 0 Å². The van der Waals surface area contributed by atoms with Crippen molar-refractivity contribution in [3.63, 3.8) is 0 Å². The molecule has 0 aromatic heterocycles. The molecule has 0 atom stereocenters. The number of sulfonamides is 1. The normalized spacial score (nSPS) is 15.9. The maximum absolute atomic E-state index is 13.6. The van der Waals surface area contributed by atoms with E-state index in [1.165, 1.54) is 10.4 Å². The number of rotatable bonds is 6. The highest BCUT2D eigenvalue weighted by atomic mass is 32.2. The van der Waals surface area contributed by atoms with Gasteiger partial charge in [-0.05, 0) is 49.6 Å². The van der Waals surface area contributed by atoms with Crippen LogP contribution in [0.15, 0.2) is 41.3 Å². The van der Waals surface area contributed by atoms with Crippen LogP contribution in [-0.2, 0) is 21.4 Å². The summed E-state index contributed by atoms with van der Waals surface area (Å²) >= 11 is 0. The monoisotopic (exact) mass is 433 g/mol. The third kappa shape index (κ3) is 5.24. The fourth-order valence-electron chi connectivity index (χ4n) is 3.56. The summed E-state index contributed by atoms with van der Waals surface area (Å²) in [6.45, 7) is 7.52. The number of aryl methyl sites for hydroxylation is 3. The van der Waals surface area contributed by atoms with Gasteiger partial charge in [-0.25, -0.2) is 12.8 Å². The molecule has 0 radical (unpaired) electrons. The van der Waals surface area contributed by atoms with Crippen LogP contribution in [0.5, 0.6) is 0 Å². The van der Waals surface area contributed by atoms with Gasteiger partial charge in [-0.2, -0.15) is 4.31 Å². The number of hydrogen-bond acceptors (Lipinski definition) is 4. The number of carbonyl (C=O) groups excluding carboxylic acids is 1. The Kier molecular flexibility index (Phi) is 6.90. The number of nitrogens with one attached hydrogen (secondary N) is 1. The molecule has 0 saturated carbocycles. The maximum Gasteiger partial charge on any atom is 0.243 e. The van der Waals surface area contributed by atoms with E-state index < -0.39 is 10.0 Å². The molecular weight excluding hydrogens is 405 g/mol. The van der Waals surface area contributed by atoms with Crippen LogP contribution < -0.4 is 5.32 Å². The van der Waals surface area contributed by atoms with Crippen molar-refractivity contribution < 1.29 is 17.6 Å². The second-order valence-electron chi connectivity index (χ2n) is 7.81. The van der Waals surface area contributed by atoms with Crippen molar-refractivity contribution in [2.45, 2.75) is 32.2 Å². The van der Waals surface area contributed by atoms with E-state index in [-0.39, 0.29) is 24.8 Å². The summed E-state index contributed by atoms with van der Waals surface area (Å²) < 4.78 is 41.0. The number of amides is 1. The zero-order chi connectivity index (χ0) is 21.9. The smallest absolute Gasteiger partial charge is 0.243 e. The van der Waals surface area contributed by atoms with Crippen LogP contribution in [0.2, 0.25) is 0 Å². The summed E-state index contributed by atoms with van der Waals surface area (Å²) in [5, 5.41) is 2.79. The van der Waals surface area contributed by atoms with Crippen LogP contribution in [0.4, 0.5) is 4.39 Å². The Balaban J connectivity index is 1.51. The van der Waals surface area contributed by atoms with Gasteiger partial charge >= 0.3 is 0 Å². The average molecular weight is 434 g/mol. The molecule has 1 aliphatic rings. The first-order valence-electron chi connectivity index (χ1n) is 9.98. The second kappa shape index (κ2) is 9.24. The molecule has 0 aliphatic carbocycles. The zero-order valence-electron chi connectivity index (χ0n) is 17.6. The first-order chi connectivity index (χ1) is 14.2. The highest BCUT2D eigenvalue weighted by Crippen LogP contribution is 2.22. The molecule has 0 unspecified atom stereocenters. The number of piperazine rings is 1. The van der Waals surface area contributed by atoms with Crippen LogP contribution in [0.3, 0.4) is 0 Å². The fourth-order valence-corrected chi connectivity index (χ4v) is 5.19. The van der Waals surface area contributed by atoms with Crippen molar-refractivity contribution in [3.8, 4) is 0 Å². The molecule has 1 heterocycles. The summed E-state index contributed by atoms with van der Waals surface area (Å²) in [7, 11) is -3.54. The molecule has 1 amide bonds. The summed E-state index contributed by atoms with van der Waals surface area (Å²) in [4.78, 5) is 14.5. The highest BCUT2D eigenvalue weighted by molar-refractivity contribution is 7.89. The van der Waals surface area contributed by atoms with Crippen molar-refractivity contribution >= 4 is 15.9 Å². The third-order valence-corrected chi connectivity index (χ3v) is 7.43. The van der Waals surface area contributed by atoms with Gasteiger partial charge in [0.2, 0.25) is 15.9 Å². The number of nitrogens with zero attached hydrogens (tertiary/aromatic N) is 2. The van der Waals surface area contributed by atoms with Crippen molar-refractivity contribution in [1.29, 1.82) is 0 Å². The quantitative estimate of drug-likeness (QED) is 0.760. The lowest BCUT2D eigenvalue weighted by atomic mass is 10.1. The standard InChI is InChI=1S/C22H28FN3O3S/c1-16-4-7-21(18(3)12-16)30(28,29)26-10-8-25(9-11-26)15-22(27)24-14-19-6-5-17(2)20(23)13-19/h4-7,12-13H,8-11,14-15H2,1-3H3,(H,24,27). The predicted molar refractivity (Wildman–Crippen MR) is 114 cm³/mol. The Morgan fingerprint density at radius 1 is 1.00 bits per heavy atom. The van der Waals surface area contributed by atoms with E-state index in [0.717, 1.165) is 11.1 Å². The van der Waals surface area contributed by atoms with E-state index in [1.807, 2.05) is 17.9 Å². The topological polar surface area (TPSA) is 69.7 Å². The van der Waals surface area contributed by atoms with Gasteiger partial charge in [0.1, 0.15) is 5.82 Å². The Labute approximate surface area is 177 Å². The number of hydrogen-bond donors (Lipinski definition) is 1. The lowest BCUT2D eigenvalue weighted by molar-refractivity contribution is -0.122. The average Bonchev–Trinajstić information content (AvgIpc) is 2.69. The van der Waals surface area contributed by atoms with Gasteiger partial charge in [-0.3, -0.25) is 9.69 Å². The molecule has 8 heteroatoms. The minimum Gasteiger partial charge on any atom is -0.351 e. The summed E-state index contributed by atoms with van der Waals surface area (Å²) in [5.74, 6) is -0.454. The number of halogens is 1. The van der Waals surface area contributed by atoms with Crippen molar-refractivity contribution in [2.75, 3.05) is 32.7 Å². The molecule has 3 rings (SSSR count). The minimum absolute atomic E-state index is 0.165. The maximum atomic E-state index is 13.6. The van der Waals surface area contributed by atoms with Crippen LogP contribution in [0.25, 0.3) is 0 Å². The van der Waals surface area contributed by atoms with Gasteiger partial charge in [0.05, 0.1) is 11.4 Å². The molecule has 6 nitrogen and oxygen atoms in total. The minimum atomic E-state index is -3.54. The molecule has 1 aliphatic heterocycles. The van der Waals surface area contributed by atoms with E-state index in [1.54, 1.807) is 38.1 Å². The van der Waals surface area contributed by atoms with Crippen LogP contribution >= 0.6 is 0 Å². The lowest BCUT2D eigenvalue weighted by Gasteiger charge is -2.33. The van der Waals surface area contributed by atoms with E-state index >= 15 is 0 Å². The van der Waals surface area contributed by atoms with Crippen LogP contribution in [0.1, 0.15) is 22.3 Å². The van der Waals surface area contributed by atoms with Gasteiger partial charge in [0.15, 0.2) is 0 Å². The molecule has 2 aromatic carbocycles. The summed E-state index contributed by atoms with van der Waals surface area (Å²) in [5.41, 5.74) is 3.04. The largest absolute Gasteiger partial charge is 0.351 e. The number of benzene rings is 2. The Morgan fingerprint density at radius 2 is 1.70 bits per heavy atom. The van der Waals surface area contributed by atoms with Gasteiger partial charge in [0, 0.05) is 32.7 Å². The Hall–Kier alpha value is -2.29. The Bertz CT molecular complexity index is 1030. The second-order valence-corrected chi connectivity index (χ2v) is 9.72. The van der Waals surface area contributed by atoms with Gasteiger partial charge in [0.25, 0.3) is 0 Å². The first-order valence-corrected chi connectivity index (χ1v) is 11.4. The molecule has 1 saturated heterocycles. The zero-order valence-corrected chi connectivity index (χ0v) is 18.4.